The van der Waals surface area contributed by atoms with Crippen molar-refractivity contribution < 1.29 is 28.5 Å². The molecule has 0 fully saturated rings. The Hall–Kier alpha value is -6.49. The lowest BCUT2D eigenvalue weighted by Crippen LogP contribution is -2.34. The highest BCUT2D eigenvalue weighted by Gasteiger charge is 2.27. The fourth-order valence-corrected chi connectivity index (χ4v) is 7.48. The number of carbonyl (C=O) groups is 2. The number of fused-ring (bicyclic) bond motifs is 2. The fraction of sp³-hybridized carbons (Fsp3) is 0.267. The number of nitrogens with one attached hydrogen (secondary N) is 2. The predicted octanol–water partition coefficient (Wildman–Crippen LogP) is 7.76. The van der Waals surface area contributed by atoms with Crippen molar-refractivity contribution in [2.24, 2.45) is 4.99 Å². The zero-order chi connectivity index (χ0) is 39.2. The van der Waals surface area contributed by atoms with Gasteiger partial charge in [0.2, 0.25) is 0 Å². The van der Waals surface area contributed by atoms with Gasteiger partial charge in [0.15, 0.2) is 35.6 Å². The number of para-hydroxylation sites is 2. The van der Waals surface area contributed by atoms with Crippen molar-refractivity contribution in [3.05, 3.63) is 124 Å². The molecular weight excluding hydrogens is 707 g/mol. The van der Waals surface area contributed by atoms with Crippen molar-refractivity contribution >= 4 is 47.2 Å². The van der Waals surface area contributed by atoms with E-state index in [1.807, 2.05) is 49.7 Å². The van der Waals surface area contributed by atoms with Gasteiger partial charge in [0.1, 0.15) is 13.2 Å². The van der Waals surface area contributed by atoms with Crippen LogP contribution >= 0.6 is 0 Å². The van der Waals surface area contributed by atoms with Crippen LogP contribution in [0.25, 0.3) is 0 Å². The molecular formula is C45H47N5O6. The molecule has 0 spiro atoms. The summed E-state index contributed by atoms with van der Waals surface area (Å²) in [6, 6.07) is 30.0. The van der Waals surface area contributed by atoms with E-state index in [1.165, 1.54) is 22.5 Å². The van der Waals surface area contributed by atoms with Gasteiger partial charge in [-0.2, -0.15) is 0 Å². The number of hydrogen-bond acceptors (Lipinski definition) is 11. The average Bonchev–Trinajstić information content (AvgIpc) is 3.74. The van der Waals surface area contributed by atoms with Crippen molar-refractivity contribution in [3.8, 4) is 23.0 Å². The van der Waals surface area contributed by atoms with Crippen LogP contribution in [0.4, 0.5) is 28.4 Å². The van der Waals surface area contributed by atoms with Gasteiger partial charge in [0, 0.05) is 79.9 Å². The number of methoxy groups -OCH3 is 2. The number of anilines is 4. The first-order chi connectivity index (χ1) is 27.3. The molecule has 0 aliphatic carbocycles. The molecule has 2 N–H and O–H groups in total. The van der Waals surface area contributed by atoms with E-state index in [0.717, 1.165) is 42.2 Å². The lowest BCUT2D eigenvalue weighted by molar-refractivity contribution is 0.111. The van der Waals surface area contributed by atoms with Crippen LogP contribution in [-0.4, -0.2) is 72.8 Å². The Morgan fingerprint density at radius 3 is 1.89 bits per heavy atom. The van der Waals surface area contributed by atoms with Crippen LogP contribution in [0.2, 0.25) is 0 Å². The monoisotopic (exact) mass is 753 g/mol. The first-order valence-corrected chi connectivity index (χ1v) is 18.6. The Bertz CT molecular complexity index is 2260. The van der Waals surface area contributed by atoms with Gasteiger partial charge < -0.3 is 39.4 Å². The van der Waals surface area contributed by atoms with Crippen LogP contribution in [0.1, 0.15) is 43.0 Å². The summed E-state index contributed by atoms with van der Waals surface area (Å²) < 4.78 is 24.0. The summed E-state index contributed by atoms with van der Waals surface area (Å²) >= 11 is 0. The highest BCUT2D eigenvalue weighted by Crippen LogP contribution is 2.38. The SMILES string of the molecule is CNc1cc(COc2cc(N=C[C@@H]3Cc4ccccc4N3C)c(C=O)cc2OC)cc(COc2cc(NCC3Cc4ccccc4N3C)c(C=O)cc2OC)c1. The molecule has 0 saturated carbocycles. The number of aliphatic imine (C=N–C) groups is 1. The van der Waals surface area contributed by atoms with Crippen molar-refractivity contribution in [2.75, 3.05) is 62.3 Å². The molecule has 2 heterocycles. The van der Waals surface area contributed by atoms with Crippen LogP contribution in [0.5, 0.6) is 23.0 Å². The fourth-order valence-electron chi connectivity index (χ4n) is 7.48. The zero-order valence-electron chi connectivity index (χ0n) is 32.4. The third-order valence-electron chi connectivity index (χ3n) is 10.6. The van der Waals surface area contributed by atoms with Crippen molar-refractivity contribution in [2.45, 2.75) is 38.1 Å². The Labute approximate surface area is 327 Å². The second-order valence-corrected chi connectivity index (χ2v) is 14.0. The van der Waals surface area contributed by atoms with Crippen molar-refractivity contribution in [1.29, 1.82) is 0 Å². The summed E-state index contributed by atoms with van der Waals surface area (Å²) in [5.74, 6) is 1.87. The number of rotatable bonds is 16. The van der Waals surface area contributed by atoms with Crippen LogP contribution < -0.4 is 39.4 Å². The largest absolute Gasteiger partial charge is 0.493 e. The predicted molar refractivity (Wildman–Crippen MR) is 223 cm³/mol. The molecule has 0 aromatic heterocycles. The highest BCUT2D eigenvalue weighted by atomic mass is 16.5. The number of carbonyl (C=O) groups excluding carboxylic acids is 2. The summed E-state index contributed by atoms with van der Waals surface area (Å²) in [7, 11) is 9.11. The van der Waals surface area contributed by atoms with Gasteiger partial charge in [-0.15, -0.1) is 0 Å². The second-order valence-electron chi connectivity index (χ2n) is 14.0. The van der Waals surface area contributed by atoms with E-state index in [4.69, 9.17) is 23.9 Å². The zero-order valence-corrected chi connectivity index (χ0v) is 32.4. The lowest BCUT2D eigenvalue weighted by atomic mass is 10.1. The summed E-state index contributed by atoms with van der Waals surface area (Å²) in [4.78, 5) is 33.5. The molecule has 56 heavy (non-hydrogen) atoms. The Morgan fingerprint density at radius 2 is 1.30 bits per heavy atom. The molecule has 7 rings (SSSR count). The van der Waals surface area contributed by atoms with E-state index >= 15 is 0 Å². The lowest BCUT2D eigenvalue weighted by Gasteiger charge is -2.24. The maximum absolute atomic E-state index is 12.1. The minimum atomic E-state index is 0.0616. The molecule has 0 amide bonds. The maximum atomic E-state index is 12.1. The third-order valence-corrected chi connectivity index (χ3v) is 10.6. The molecule has 5 aromatic rings. The standard InChI is InChI=1S/C45H47N5O6/c1-46-35-15-29(27-55-44-21-38(33(25-51)19-42(44)53-4)47-23-36-17-31-10-6-8-12-40(31)49(36)2)14-30(16-35)28-56-45-22-39(34(26-52)20-43(45)54-5)48-24-37-18-32-11-7-9-13-41(32)50(37)3/h6-16,19-23,25-26,36-37,46,48H,17-18,24,27-28H2,1-5H3/t36-,37?/m0/s1. The number of hydrogen-bond donors (Lipinski definition) is 2. The maximum Gasteiger partial charge on any atom is 0.163 e. The molecule has 288 valence electrons. The third kappa shape index (κ3) is 7.98. The minimum Gasteiger partial charge on any atom is -0.493 e. The molecule has 2 atom stereocenters. The molecule has 11 heteroatoms. The average molecular weight is 754 g/mol. The van der Waals surface area contributed by atoms with E-state index in [-0.39, 0.29) is 25.3 Å². The molecule has 0 bridgehead atoms. The number of ether oxygens (including phenoxy) is 4. The Balaban J connectivity index is 1.05. The van der Waals surface area contributed by atoms with E-state index in [2.05, 4.69) is 70.9 Å². The molecule has 0 saturated heterocycles. The van der Waals surface area contributed by atoms with Crippen LogP contribution in [0.3, 0.4) is 0 Å². The molecule has 1 unspecified atom stereocenters. The van der Waals surface area contributed by atoms with Gasteiger partial charge in [-0.3, -0.25) is 14.6 Å². The van der Waals surface area contributed by atoms with Crippen molar-refractivity contribution in [3.63, 3.8) is 0 Å². The number of nitrogens with zero attached hydrogens (tertiary/aromatic N) is 3. The van der Waals surface area contributed by atoms with Gasteiger partial charge in [-0.25, -0.2) is 0 Å². The Morgan fingerprint density at radius 1 is 0.714 bits per heavy atom. The minimum absolute atomic E-state index is 0.0616. The molecule has 2 aliphatic heterocycles. The van der Waals surface area contributed by atoms with Crippen molar-refractivity contribution in [1.82, 2.24) is 0 Å². The number of aldehydes is 2. The normalized spacial score (nSPS) is 15.7. The summed E-state index contributed by atoms with van der Waals surface area (Å²) in [5, 5.41) is 6.72. The van der Waals surface area contributed by atoms with Crippen LogP contribution in [0.15, 0.2) is 96.0 Å². The highest BCUT2D eigenvalue weighted by molar-refractivity contribution is 5.88. The summed E-state index contributed by atoms with van der Waals surface area (Å²) in [5.41, 5.74) is 9.73. The van der Waals surface area contributed by atoms with Gasteiger partial charge in [0.25, 0.3) is 0 Å². The quantitative estimate of drug-likeness (QED) is 0.0766. The number of likely N-dealkylation sites (N-methyl/N-ethyl adjacent to an activating group) is 2. The van der Waals surface area contributed by atoms with E-state index < -0.39 is 0 Å². The molecule has 2 aliphatic rings. The van der Waals surface area contributed by atoms with E-state index in [9.17, 15) is 9.59 Å². The first kappa shape index (κ1) is 37.8. The smallest absolute Gasteiger partial charge is 0.163 e. The molecule has 0 radical (unpaired) electrons. The molecule has 11 nitrogen and oxygen atoms in total. The van der Waals surface area contributed by atoms with Gasteiger partial charge in [-0.05, 0) is 77.6 Å². The Kier molecular flexibility index (Phi) is 11.4. The van der Waals surface area contributed by atoms with Crippen LogP contribution in [0, 0.1) is 0 Å². The van der Waals surface area contributed by atoms with E-state index in [1.54, 1.807) is 32.4 Å². The number of benzene rings is 5. The van der Waals surface area contributed by atoms with Gasteiger partial charge >= 0.3 is 0 Å². The van der Waals surface area contributed by atoms with E-state index in [0.29, 0.717) is 52.0 Å². The second kappa shape index (κ2) is 16.9. The van der Waals surface area contributed by atoms with Gasteiger partial charge in [-0.1, -0.05) is 36.4 Å². The summed E-state index contributed by atoms with van der Waals surface area (Å²) in [6.07, 6.45) is 5.25. The van der Waals surface area contributed by atoms with Crippen LogP contribution in [-0.2, 0) is 26.1 Å². The topological polar surface area (TPSA) is 114 Å². The molecule has 5 aromatic carbocycles. The summed E-state index contributed by atoms with van der Waals surface area (Å²) in [6.45, 7) is 1.09. The first-order valence-electron chi connectivity index (χ1n) is 18.6. The van der Waals surface area contributed by atoms with Gasteiger partial charge in [0.05, 0.1) is 32.0 Å².